The highest BCUT2D eigenvalue weighted by atomic mass is 16.5. The molecule has 0 saturated heterocycles. The van der Waals surface area contributed by atoms with Crippen LogP contribution in [0, 0.1) is 0 Å². The first-order valence-electron chi connectivity index (χ1n) is 5.71. The molecule has 2 atom stereocenters. The monoisotopic (exact) mass is 251 g/mol. The van der Waals surface area contributed by atoms with Crippen LogP contribution in [0.25, 0.3) is 0 Å². The predicted molar refractivity (Wildman–Crippen MR) is 65.6 cm³/mol. The highest BCUT2D eigenvalue weighted by Crippen LogP contribution is 2.12. The van der Waals surface area contributed by atoms with Gasteiger partial charge in [0.25, 0.3) is 5.91 Å². The van der Waals surface area contributed by atoms with Gasteiger partial charge in [0.1, 0.15) is 6.04 Å². The highest BCUT2D eigenvalue weighted by molar-refractivity contribution is 5.87. The molecule has 1 rings (SSSR count). The van der Waals surface area contributed by atoms with Gasteiger partial charge in [-0.15, -0.1) is 0 Å². The predicted octanol–water partition coefficient (Wildman–Crippen LogP) is 0.788. The maximum absolute atomic E-state index is 11.8. The number of aliphatic hydroxyl groups excluding tert-OH is 1. The van der Waals surface area contributed by atoms with Gasteiger partial charge in [0.2, 0.25) is 0 Å². The number of nitrogens with one attached hydrogen (secondary N) is 1. The first kappa shape index (κ1) is 14.2. The number of hydrogen-bond acceptors (Lipinski definition) is 4. The third-order valence-corrected chi connectivity index (χ3v) is 2.57. The Balaban J connectivity index is 2.67. The minimum Gasteiger partial charge on any atom is -0.467 e. The van der Waals surface area contributed by atoms with Crippen LogP contribution in [0.1, 0.15) is 25.0 Å². The lowest BCUT2D eigenvalue weighted by Gasteiger charge is -2.17. The van der Waals surface area contributed by atoms with Gasteiger partial charge in [-0.2, -0.15) is 0 Å². The van der Waals surface area contributed by atoms with Crippen LogP contribution < -0.4 is 5.32 Å². The van der Waals surface area contributed by atoms with Crippen LogP contribution in [-0.2, 0) is 14.3 Å². The van der Waals surface area contributed by atoms with Crippen LogP contribution in [0.4, 0.5) is 0 Å². The molecule has 0 aromatic heterocycles. The van der Waals surface area contributed by atoms with Gasteiger partial charge in [-0.25, -0.2) is 4.79 Å². The molecule has 0 bridgehead atoms. The zero-order valence-electron chi connectivity index (χ0n) is 10.4. The van der Waals surface area contributed by atoms with E-state index in [0.29, 0.717) is 12.0 Å². The molecule has 0 heterocycles. The van der Waals surface area contributed by atoms with Gasteiger partial charge in [0.15, 0.2) is 6.10 Å². The summed E-state index contributed by atoms with van der Waals surface area (Å²) in [5, 5.41) is 12.3. The van der Waals surface area contributed by atoms with Crippen molar-refractivity contribution < 1.29 is 19.4 Å². The largest absolute Gasteiger partial charge is 0.467 e. The summed E-state index contributed by atoms with van der Waals surface area (Å²) in [5.41, 5.74) is 0.481. The van der Waals surface area contributed by atoms with Crippen molar-refractivity contribution in [1.82, 2.24) is 5.32 Å². The average Bonchev–Trinajstić information content (AvgIpc) is 2.43. The van der Waals surface area contributed by atoms with Crippen molar-refractivity contribution in [1.29, 1.82) is 0 Å². The fourth-order valence-corrected chi connectivity index (χ4v) is 1.51. The minimum atomic E-state index is -1.29. The van der Waals surface area contributed by atoms with Crippen LogP contribution in [0.15, 0.2) is 30.3 Å². The van der Waals surface area contributed by atoms with Crippen LogP contribution >= 0.6 is 0 Å². The van der Waals surface area contributed by atoms with Crippen molar-refractivity contribution >= 4 is 11.9 Å². The van der Waals surface area contributed by atoms with Crippen molar-refractivity contribution in [2.24, 2.45) is 0 Å². The van der Waals surface area contributed by atoms with Gasteiger partial charge in [0.05, 0.1) is 7.11 Å². The van der Waals surface area contributed by atoms with Gasteiger partial charge in [-0.3, -0.25) is 4.79 Å². The lowest BCUT2D eigenvalue weighted by atomic mass is 10.1. The van der Waals surface area contributed by atoms with Gasteiger partial charge < -0.3 is 15.2 Å². The first-order chi connectivity index (χ1) is 8.60. The van der Waals surface area contributed by atoms with Crippen LogP contribution in [0.5, 0.6) is 0 Å². The van der Waals surface area contributed by atoms with Crippen LogP contribution in [0.3, 0.4) is 0 Å². The molecule has 0 spiro atoms. The van der Waals surface area contributed by atoms with E-state index in [1.54, 1.807) is 37.3 Å². The summed E-state index contributed by atoms with van der Waals surface area (Å²) in [4.78, 5) is 23.1. The van der Waals surface area contributed by atoms with Gasteiger partial charge in [-0.1, -0.05) is 37.3 Å². The number of esters is 1. The molecule has 1 aromatic rings. The second kappa shape index (κ2) is 6.76. The molecular weight excluding hydrogens is 234 g/mol. The van der Waals surface area contributed by atoms with E-state index >= 15 is 0 Å². The number of carbonyl (C=O) groups excluding carboxylic acids is 2. The second-order valence-electron chi connectivity index (χ2n) is 3.81. The summed E-state index contributed by atoms with van der Waals surface area (Å²) in [6.07, 6.45) is -0.884. The molecule has 2 N–H and O–H groups in total. The number of methoxy groups -OCH3 is 1. The standard InChI is InChI=1S/C13H17NO4/c1-3-10(13(17)18-2)14-12(16)11(15)9-7-5-4-6-8-9/h4-8,10-11,15H,3H2,1-2H3,(H,14,16)/t10-,11-/m0/s1. The van der Waals surface area contributed by atoms with E-state index in [1.165, 1.54) is 7.11 Å². The van der Waals surface area contributed by atoms with E-state index in [9.17, 15) is 14.7 Å². The molecule has 0 aliphatic rings. The van der Waals surface area contributed by atoms with Gasteiger partial charge >= 0.3 is 5.97 Å². The maximum Gasteiger partial charge on any atom is 0.328 e. The number of amides is 1. The Hall–Kier alpha value is -1.88. The van der Waals surface area contributed by atoms with E-state index in [1.807, 2.05) is 0 Å². The molecule has 0 aliphatic heterocycles. The lowest BCUT2D eigenvalue weighted by molar-refractivity contribution is -0.146. The van der Waals surface area contributed by atoms with Gasteiger partial charge in [-0.05, 0) is 12.0 Å². The molecule has 0 radical (unpaired) electrons. The van der Waals surface area contributed by atoms with Gasteiger partial charge in [0, 0.05) is 0 Å². The van der Waals surface area contributed by atoms with E-state index in [-0.39, 0.29) is 0 Å². The summed E-state index contributed by atoms with van der Waals surface area (Å²) in [6.45, 7) is 1.75. The minimum absolute atomic E-state index is 0.403. The van der Waals surface area contributed by atoms with E-state index in [2.05, 4.69) is 10.1 Å². The maximum atomic E-state index is 11.8. The topological polar surface area (TPSA) is 75.6 Å². The van der Waals surface area contributed by atoms with Crippen LogP contribution in [0.2, 0.25) is 0 Å². The number of benzene rings is 1. The molecule has 0 aliphatic carbocycles. The summed E-state index contributed by atoms with van der Waals surface area (Å²) >= 11 is 0. The number of rotatable bonds is 5. The number of carbonyl (C=O) groups is 2. The Morgan fingerprint density at radius 2 is 1.94 bits per heavy atom. The summed E-state index contributed by atoms with van der Waals surface area (Å²) < 4.78 is 4.55. The molecule has 0 fully saturated rings. The average molecular weight is 251 g/mol. The number of ether oxygens (including phenoxy) is 1. The molecule has 1 amide bonds. The fraction of sp³-hybridized carbons (Fsp3) is 0.385. The van der Waals surface area contributed by atoms with Crippen LogP contribution in [-0.4, -0.2) is 30.1 Å². The highest BCUT2D eigenvalue weighted by Gasteiger charge is 2.24. The quantitative estimate of drug-likeness (QED) is 0.759. The second-order valence-corrected chi connectivity index (χ2v) is 3.81. The Morgan fingerprint density at radius 1 is 1.33 bits per heavy atom. The normalized spacial score (nSPS) is 13.5. The molecular formula is C13H17NO4. The van der Waals surface area contributed by atoms with E-state index in [0.717, 1.165) is 0 Å². The van der Waals surface area contributed by atoms with Crippen molar-refractivity contribution in [2.75, 3.05) is 7.11 Å². The Labute approximate surface area is 106 Å². The molecule has 1 aromatic carbocycles. The molecule has 5 nitrogen and oxygen atoms in total. The number of hydrogen-bond donors (Lipinski definition) is 2. The zero-order valence-corrected chi connectivity index (χ0v) is 10.4. The van der Waals surface area contributed by atoms with E-state index in [4.69, 9.17) is 0 Å². The molecule has 18 heavy (non-hydrogen) atoms. The zero-order chi connectivity index (χ0) is 13.5. The summed E-state index contributed by atoms with van der Waals surface area (Å²) in [7, 11) is 1.25. The third kappa shape index (κ3) is 3.56. The number of aliphatic hydroxyl groups is 1. The molecule has 5 heteroatoms. The van der Waals surface area contributed by atoms with Crippen molar-refractivity contribution in [3.05, 3.63) is 35.9 Å². The fourth-order valence-electron chi connectivity index (χ4n) is 1.51. The summed E-state index contributed by atoms with van der Waals surface area (Å²) in [6, 6.07) is 7.79. The Kier molecular flexibility index (Phi) is 5.32. The van der Waals surface area contributed by atoms with Crippen molar-refractivity contribution in [3.8, 4) is 0 Å². The van der Waals surface area contributed by atoms with E-state index < -0.39 is 24.0 Å². The molecule has 0 saturated carbocycles. The first-order valence-corrected chi connectivity index (χ1v) is 5.71. The third-order valence-electron chi connectivity index (χ3n) is 2.57. The summed E-state index contributed by atoms with van der Waals surface area (Å²) in [5.74, 6) is -1.13. The Bertz CT molecular complexity index is 405. The lowest BCUT2D eigenvalue weighted by Crippen LogP contribution is -2.43. The van der Waals surface area contributed by atoms with Crippen molar-refractivity contribution in [2.45, 2.75) is 25.5 Å². The SMILES string of the molecule is CC[C@H](NC(=O)[C@@H](O)c1ccccc1)C(=O)OC. The molecule has 98 valence electrons. The smallest absolute Gasteiger partial charge is 0.328 e. The Morgan fingerprint density at radius 3 is 2.44 bits per heavy atom. The molecule has 0 unspecified atom stereocenters. The van der Waals surface area contributed by atoms with Crippen molar-refractivity contribution in [3.63, 3.8) is 0 Å².